The van der Waals surface area contributed by atoms with Crippen LogP contribution in [0.15, 0.2) is 18.3 Å². The second-order valence-electron chi connectivity index (χ2n) is 4.30. The van der Waals surface area contributed by atoms with Crippen molar-refractivity contribution in [2.75, 3.05) is 11.5 Å². The minimum Gasteiger partial charge on any atom is -0.387 e. The molecular formula is C13H21NO3S. The van der Waals surface area contributed by atoms with Crippen molar-refractivity contribution in [1.29, 1.82) is 0 Å². The number of nitrogens with zero attached hydrogens (tertiary/aromatic N) is 1. The van der Waals surface area contributed by atoms with E-state index in [1.54, 1.807) is 13.1 Å². The molecule has 1 heterocycles. The molecule has 1 aromatic rings. The van der Waals surface area contributed by atoms with Crippen LogP contribution in [-0.4, -0.2) is 30.0 Å². The number of aromatic nitrogens is 1. The maximum Gasteiger partial charge on any atom is 0.150 e. The minimum absolute atomic E-state index is 0.134. The molecule has 1 rings (SSSR count). The molecular weight excluding hydrogens is 250 g/mol. The summed E-state index contributed by atoms with van der Waals surface area (Å²) < 4.78 is 22.7. The summed E-state index contributed by atoms with van der Waals surface area (Å²) in [6, 6.07) is 3.78. The molecule has 0 saturated carbocycles. The molecule has 1 atom stereocenters. The lowest BCUT2D eigenvalue weighted by Gasteiger charge is -2.13. The van der Waals surface area contributed by atoms with Crippen LogP contribution in [0.3, 0.4) is 0 Å². The van der Waals surface area contributed by atoms with Crippen molar-refractivity contribution in [3.63, 3.8) is 0 Å². The Balaban J connectivity index is 2.58. The van der Waals surface area contributed by atoms with E-state index in [1.165, 1.54) is 0 Å². The number of hydrogen-bond donors (Lipinski definition) is 1. The first-order chi connectivity index (χ1) is 8.50. The van der Waals surface area contributed by atoms with Crippen LogP contribution in [0.2, 0.25) is 0 Å². The molecule has 0 saturated heterocycles. The van der Waals surface area contributed by atoms with E-state index in [1.807, 2.05) is 19.1 Å². The Morgan fingerprint density at radius 1 is 1.39 bits per heavy atom. The molecule has 0 amide bonds. The Morgan fingerprint density at radius 2 is 2.11 bits per heavy atom. The number of hydrogen-bond acceptors (Lipinski definition) is 4. The van der Waals surface area contributed by atoms with Gasteiger partial charge in [0.2, 0.25) is 0 Å². The van der Waals surface area contributed by atoms with Crippen molar-refractivity contribution < 1.29 is 13.5 Å². The number of aliphatic hydroxyl groups is 1. The van der Waals surface area contributed by atoms with Crippen LogP contribution >= 0.6 is 0 Å². The summed E-state index contributed by atoms with van der Waals surface area (Å²) in [6.45, 7) is 3.65. The molecule has 0 aliphatic rings. The number of sulfone groups is 1. The van der Waals surface area contributed by atoms with Crippen molar-refractivity contribution in [2.24, 2.45) is 0 Å². The predicted molar refractivity (Wildman–Crippen MR) is 72.1 cm³/mol. The maximum atomic E-state index is 11.3. The fourth-order valence-corrected chi connectivity index (χ4v) is 2.72. The quantitative estimate of drug-likeness (QED) is 0.822. The Morgan fingerprint density at radius 3 is 2.72 bits per heavy atom. The first-order valence-electron chi connectivity index (χ1n) is 6.32. The summed E-state index contributed by atoms with van der Waals surface area (Å²) in [5.41, 5.74) is 1.69. The summed E-state index contributed by atoms with van der Waals surface area (Å²) >= 11 is 0. The van der Waals surface area contributed by atoms with Gasteiger partial charge in [-0.1, -0.05) is 19.9 Å². The molecule has 102 valence electrons. The van der Waals surface area contributed by atoms with Gasteiger partial charge in [0, 0.05) is 11.9 Å². The molecule has 1 N–H and O–H groups in total. The average molecular weight is 271 g/mol. The molecule has 0 spiro atoms. The largest absolute Gasteiger partial charge is 0.387 e. The molecule has 0 aliphatic heterocycles. The molecule has 1 unspecified atom stereocenters. The van der Waals surface area contributed by atoms with E-state index in [9.17, 15) is 13.5 Å². The topological polar surface area (TPSA) is 67.3 Å². The lowest BCUT2D eigenvalue weighted by molar-refractivity contribution is 0.161. The Hall–Kier alpha value is -0.940. The van der Waals surface area contributed by atoms with Crippen LogP contribution in [0.5, 0.6) is 0 Å². The van der Waals surface area contributed by atoms with E-state index in [-0.39, 0.29) is 11.5 Å². The first-order valence-corrected chi connectivity index (χ1v) is 8.14. The molecule has 5 heteroatoms. The van der Waals surface area contributed by atoms with Crippen molar-refractivity contribution >= 4 is 9.84 Å². The first kappa shape index (κ1) is 15.1. The van der Waals surface area contributed by atoms with E-state index < -0.39 is 15.9 Å². The van der Waals surface area contributed by atoms with Gasteiger partial charge in [-0.25, -0.2) is 8.42 Å². The third-order valence-corrected chi connectivity index (χ3v) is 4.79. The van der Waals surface area contributed by atoms with Crippen LogP contribution in [0.4, 0.5) is 0 Å². The van der Waals surface area contributed by atoms with Gasteiger partial charge in [-0.05, 0) is 30.9 Å². The smallest absolute Gasteiger partial charge is 0.150 e. The third-order valence-electron chi connectivity index (χ3n) is 3.00. The van der Waals surface area contributed by atoms with Crippen molar-refractivity contribution in [3.05, 3.63) is 29.6 Å². The van der Waals surface area contributed by atoms with E-state index in [4.69, 9.17) is 0 Å². The zero-order chi connectivity index (χ0) is 13.6. The van der Waals surface area contributed by atoms with Crippen molar-refractivity contribution in [3.8, 4) is 0 Å². The van der Waals surface area contributed by atoms with E-state index in [2.05, 4.69) is 4.98 Å². The third kappa shape index (κ3) is 4.38. The standard InChI is InChI=1S/C13H21NO3S/c1-3-11-7-5-9-14-13(11)12(15)8-6-10-18(16,17)4-2/h5,7,9,12,15H,3-4,6,8,10H2,1-2H3. The molecule has 0 radical (unpaired) electrons. The SMILES string of the molecule is CCc1cccnc1C(O)CCCS(=O)(=O)CC. The maximum absolute atomic E-state index is 11.3. The molecule has 0 fully saturated rings. The summed E-state index contributed by atoms with van der Waals surface area (Å²) in [5, 5.41) is 10.0. The number of aryl methyl sites for hydroxylation is 1. The highest BCUT2D eigenvalue weighted by Gasteiger charge is 2.14. The number of rotatable bonds is 7. The lowest BCUT2D eigenvalue weighted by atomic mass is 10.0. The van der Waals surface area contributed by atoms with E-state index in [0.29, 0.717) is 18.5 Å². The van der Waals surface area contributed by atoms with Gasteiger partial charge in [0.1, 0.15) is 9.84 Å². The van der Waals surface area contributed by atoms with Gasteiger partial charge in [0.15, 0.2) is 0 Å². The summed E-state index contributed by atoms with van der Waals surface area (Å²) in [4.78, 5) is 4.19. The van der Waals surface area contributed by atoms with Gasteiger partial charge in [0.05, 0.1) is 17.6 Å². The zero-order valence-corrected chi connectivity index (χ0v) is 11.8. The van der Waals surface area contributed by atoms with Crippen LogP contribution in [-0.2, 0) is 16.3 Å². The molecule has 0 aromatic carbocycles. The Labute approximate surface area is 109 Å². The van der Waals surface area contributed by atoms with Crippen LogP contribution in [0.1, 0.15) is 44.1 Å². The second-order valence-corrected chi connectivity index (χ2v) is 6.77. The highest BCUT2D eigenvalue weighted by molar-refractivity contribution is 7.91. The van der Waals surface area contributed by atoms with Gasteiger partial charge >= 0.3 is 0 Å². The van der Waals surface area contributed by atoms with Gasteiger partial charge in [-0.2, -0.15) is 0 Å². The molecule has 18 heavy (non-hydrogen) atoms. The molecule has 1 aromatic heterocycles. The summed E-state index contributed by atoms with van der Waals surface area (Å²) in [5.74, 6) is 0.293. The van der Waals surface area contributed by atoms with Crippen LogP contribution < -0.4 is 0 Å². The van der Waals surface area contributed by atoms with Gasteiger partial charge < -0.3 is 5.11 Å². The lowest BCUT2D eigenvalue weighted by Crippen LogP contribution is -2.11. The van der Waals surface area contributed by atoms with Gasteiger partial charge in [-0.3, -0.25) is 4.98 Å². The highest BCUT2D eigenvalue weighted by Crippen LogP contribution is 2.20. The Kier molecular flexibility index (Phi) is 5.75. The fraction of sp³-hybridized carbons (Fsp3) is 0.615. The molecule has 0 aliphatic carbocycles. The van der Waals surface area contributed by atoms with Crippen LogP contribution in [0, 0.1) is 0 Å². The second kappa shape index (κ2) is 6.85. The van der Waals surface area contributed by atoms with Crippen LogP contribution in [0.25, 0.3) is 0 Å². The number of aliphatic hydroxyl groups excluding tert-OH is 1. The zero-order valence-electron chi connectivity index (χ0n) is 11.0. The summed E-state index contributed by atoms with van der Waals surface area (Å²) in [6.07, 6.45) is 2.70. The summed E-state index contributed by atoms with van der Waals surface area (Å²) in [7, 11) is -2.94. The van der Waals surface area contributed by atoms with Crippen molar-refractivity contribution in [2.45, 2.75) is 39.2 Å². The fourth-order valence-electron chi connectivity index (χ4n) is 1.83. The average Bonchev–Trinajstić information content (AvgIpc) is 2.38. The normalized spacial score (nSPS) is 13.5. The predicted octanol–water partition coefficient (Wildman–Crippen LogP) is 1.89. The Bertz CT molecular complexity index is 471. The number of pyridine rings is 1. The minimum atomic E-state index is -2.94. The van der Waals surface area contributed by atoms with Gasteiger partial charge in [-0.15, -0.1) is 0 Å². The molecule has 0 bridgehead atoms. The highest BCUT2D eigenvalue weighted by atomic mass is 32.2. The molecule has 4 nitrogen and oxygen atoms in total. The van der Waals surface area contributed by atoms with Crippen molar-refractivity contribution in [1.82, 2.24) is 4.98 Å². The monoisotopic (exact) mass is 271 g/mol. The van der Waals surface area contributed by atoms with Gasteiger partial charge in [0.25, 0.3) is 0 Å². The van der Waals surface area contributed by atoms with E-state index in [0.717, 1.165) is 12.0 Å². The van der Waals surface area contributed by atoms with E-state index >= 15 is 0 Å².